The Morgan fingerprint density at radius 2 is 1.89 bits per heavy atom. The highest BCUT2D eigenvalue weighted by molar-refractivity contribution is 9.10. The SMILES string of the molecule is Brc1cnn2c(NCc3nc(-c4ccccc4)n[nH]3)nc(N3CCCC3)nc12. The molecule has 142 valence electrons. The van der Waals surface area contributed by atoms with Crippen LogP contribution in [-0.2, 0) is 6.54 Å². The van der Waals surface area contributed by atoms with Crippen molar-refractivity contribution in [3.05, 3.63) is 46.8 Å². The number of benzene rings is 1. The van der Waals surface area contributed by atoms with Gasteiger partial charge >= 0.3 is 0 Å². The molecule has 4 aromatic rings. The third-order valence-electron chi connectivity index (χ3n) is 4.68. The lowest BCUT2D eigenvalue weighted by Crippen LogP contribution is -2.22. The molecule has 5 rings (SSSR count). The molecule has 3 aromatic heterocycles. The molecule has 0 unspecified atom stereocenters. The molecule has 1 aliphatic rings. The van der Waals surface area contributed by atoms with Gasteiger partial charge in [0.25, 0.3) is 0 Å². The van der Waals surface area contributed by atoms with Crippen LogP contribution in [0.5, 0.6) is 0 Å². The first kappa shape index (κ1) is 17.1. The molecular formula is C18H18BrN9. The summed E-state index contributed by atoms with van der Waals surface area (Å²) in [4.78, 5) is 16.1. The van der Waals surface area contributed by atoms with Gasteiger partial charge in [-0.15, -0.1) is 0 Å². The summed E-state index contributed by atoms with van der Waals surface area (Å²) in [6, 6.07) is 9.88. The van der Waals surface area contributed by atoms with E-state index >= 15 is 0 Å². The third-order valence-corrected chi connectivity index (χ3v) is 5.24. The maximum atomic E-state index is 4.70. The van der Waals surface area contributed by atoms with Gasteiger partial charge in [0.1, 0.15) is 5.82 Å². The van der Waals surface area contributed by atoms with E-state index in [1.165, 1.54) is 0 Å². The zero-order valence-electron chi connectivity index (χ0n) is 15.0. The Balaban J connectivity index is 1.41. The quantitative estimate of drug-likeness (QED) is 0.492. The van der Waals surface area contributed by atoms with Gasteiger partial charge < -0.3 is 10.2 Å². The highest BCUT2D eigenvalue weighted by atomic mass is 79.9. The first-order valence-electron chi connectivity index (χ1n) is 9.15. The number of H-pyrrole nitrogens is 1. The Hall–Kier alpha value is -3.01. The van der Waals surface area contributed by atoms with Crippen molar-refractivity contribution in [2.45, 2.75) is 19.4 Å². The molecular weight excluding hydrogens is 422 g/mol. The smallest absolute Gasteiger partial charge is 0.230 e. The Labute approximate surface area is 169 Å². The molecule has 28 heavy (non-hydrogen) atoms. The van der Waals surface area contributed by atoms with E-state index in [1.54, 1.807) is 10.7 Å². The largest absolute Gasteiger partial charge is 0.347 e. The predicted octanol–water partition coefficient (Wildman–Crippen LogP) is 2.88. The molecule has 0 aliphatic carbocycles. The lowest BCUT2D eigenvalue weighted by Gasteiger charge is -2.16. The molecule has 0 saturated carbocycles. The molecule has 0 amide bonds. The van der Waals surface area contributed by atoms with Crippen LogP contribution in [0, 0.1) is 0 Å². The summed E-state index contributed by atoms with van der Waals surface area (Å²) < 4.78 is 2.53. The normalized spacial score (nSPS) is 14.1. The second-order valence-electron chi connectivity index (χ2n) is 6.59. The van der Waals surface area contributed by atoms with Gasteiger partial charge in [-0.3, -0.25) is 5.10 Å². The average Bonchev–Trinajstić information content (AvgIpc) is 3.49. The monoisotopic (exact) mass is 439 g/mol. The highest BCUT2D eigenvalue weighted by Gasteiger charge is 2.19. The van der Waals surface area contributed by atoms with E-state index in [0.717, 1.165) is 53.4 Å². The van der Waals surface area contributed by atoms with Crippen molar-refractivity contribution in [2.24, 2.45) is 0 Å². The molecule has 1 aliphatic heterocycles. The van der Waals surface area contributed by atoms with Gasteiger partial charge in [0.05, 0.1) is 17.2 Å². The minimum absolute atomic E-state index is 0.447. The van der Waals surface area contributed by atoms with Crippen LogP contribution in [0.1, 0.15) is 18.7 Å². The highest BCUT2D eigenvalue weighted by Crippen LogP contribution is 2.23. The summed E-state index contributed by atoms with van der Waals surface area (Å²) in [6.07, 6.45) is 4.06. The zero-order valence-corrected chi connectivity index (χ0v) is 16.6. The molecule has 2 N–H and O–H groups in total. The average molecular weight is 440 g/mol. The molecule has 9 nitrogen and oxygen atoms in total. The van der Waals surface area contributed by atoms with Crippen LogP contribution in [0.2, 0.25) is 0 Å². The lowest BCUT2D eigenvalue weighted by molar-refractivity contribution is 0.831. The summed E-state index contributed by atoms with van der Waals surface area (Å²) in [5.41, 5.74) is 1.71. The summed E-state index contributed by atoms with van der Waals surface area (Å²) >= 11 is 3.52. The van der Waals surface area contributed by atoms with E-state index in [9.17, 15) is 0 Å². The fourth-order valence-electron chi connectivity index (χ4n) is 3.27. The molecule has 0 atom stereocenters. The van der Waals surface area contributed by atoms with Crippen molar-refractivity contribution in [1.82, 2.24) is 34.8 Å². The first-order valence-corrected chi connectivity index (χ1v) is 9.94. The van der Waals surface area contributed by atoms with Gasteiger partial charge in [0.15, 0.2) is 11.5 Å². The molecule has 10 heteroatoms. The van der Waals surface area contributed by atoms with Crippen LogP contribution in [0.25, 0.3) is 17.0 Å². The van der Waals surface area contributed by atoms with Gasteiger partial charge in [-0.2, -0.15) is 24.7 Å². The van der Waals surface area contributed by atoms with E-state index in [1.807, 2.05) is 30.3 Å². The van der Waals surface area contributed by atoms with E-state index in [2.05, 4.69) is 51.4 Å². The summed E-state index contributed by atoms with van der Waals surface area (Å²) in [5.74, 6) is 2.73. The van der Waals surface area contributed by atoms with Crippen LogP contribution in [-0.4, -0.2) is 47.9 Å². The van der Waals surface area contributed by atoms with Crippen LogP contribution in [0.3, 0.4) is 0 Å². The van der Waals surface area contributed by atoms with Gasteiger partial charge in [-0.25, -0.2) is 4.98 Å². The second-order valence-corrected chi connectivity index (χ2v) is 7.45. The summed E-state index contributed by atoms with van der Waals surface area (Å²) in [6.45, 7) is 2.40. The zero-order chi connectivity index (χ0) is 18.9. The van der Waals surface area contributed by atoms with Crippen LogP contribution < -0.4 is 10.2 Å². The molecule has 1 saturated heterocycles. The Morgan fingerprint density at radius 1 is 1.07 bits per heavy atom. The molecule has 1 aromatic carbocycles. The van der Waals surface area contributed by atoms with Gasteiger partial charge in [-0.1, -0.05) is 30.3 Å². The first-order chi connectivity index (χ1) is 13.8. The molecule has 0 spiro atoms. The van der Waals surface area contributed by atoms with E-state index < -0.39 is 0 Å². The number of nitrogens with zero attached hydrogens (tertiary/aromatic N) is 7. The van der Waals surface area contributed by atoms with Crippen molar-refractivity contribution in [2.75, 3.05) is 23.3 Å². The number of nitrogens with one attached hydrogen (secondary N) is 2. The molecule has 0 bridgehead atoms. The third kappa shape index (κ3) is 3.19. The van der Waals surface area contributed by atoms with E-state index in [4.69, 9.17) is 4.98 Å². The Kier molecular flexibility index (Phi) is 4.40. The number of fused-ring (bicyclic) bond motifs is 1. The number of rotatable bonds is 5. The van der Waals surface area contributed by atoms with Crippen molar-refractivity contribution in [3.63, 3.8) is 0 Å². The number of anilines is 2. The fourth-order valence-corrected chi connectivity index (χ4v) is 3.61. The summed E-state index contributed by atoms with van der Waals surface area (Å²) in [5, 5.41) is 15.0. The number of aromatic nitrogens is 7. The maximum absolute atomic E-state index is 4.70. The van der Waals surface area contributed by atoms with Crippen molar-refractivity contribution >= 4 is 33.5 Å². The minimum Gasteiger partial charge on any atom is -0.347 e. The Bertz CT molecular complexity index is 1100. The van der Waals surface area contributed by atoms with Crippen molar-refractivity contribution in [3.8, 4) is 11.4 Å². The number of hydrogen-bond acceptors (Lipinski definition) is 7. The standard InChI is InChI=1S/C18H18BrN9/c19-13-10-21-28-16(13)23-18(27-8-4-5-9-27)24-17(28)20-11-14-22-15(26-25-14)12-6-2-1-3-7-12/h1-3,6-7,10H,4-5,8-9,11H2,(H,20,23,24)(H,22,25,26). The van der Waals surface area contributed by atoms with Gasteiger partial charge in [-0.05, 0) is 28.8 Å². The topological polar surface area (TPSA) is 99.9 Å². The minimum atomic E-state index is 0.447. The number of aromatic amines is 1. The Morgan fingerprint density at radius 3 is 2.71 bits per heavy atom. The van der Waals surface area contributed by atoms with Crippen LogP contribution in [0.4, 0.5) is 11.9 Å². The second kappa shape index (κ2) is 7.19. The lowest BCUT2D eigenvalue weighted by atomic mass is 10.2. The van der Waals surface area contributed by atoms with E-state index in [0.29, 0.717) is 18.3 Å². The predicted molar refractivity (Wildman–Crippen MR) is 109 cm³/mol. The molecule has 1 fully saturated rings. The summed E-state index contributed by atoms with van der Waals surface area (Å²) in [7, 11) is 0. The van der Waals surface area contributed by atoms with Gasteiger partial charge in [0, 0.05) is 18.7 Å². The fraction of sp³-hybridized carbons (Fsp3) is 0.278. The van der Waals surface area contributed by atoms with Crippen LogP contribution in [0.15, 0.2) is 41.0 Å². The van der Waals surface area contributed by atoms with Crippen molar-refractivity contribution < 1.29 is 0 Å². The van der Waals surface area contributed by atoms with Crippen LogP contribution >= 0.6 is 15.9 Å². The molecule has 4 heterocycles. The number of hydrogen-bond donors (Lipinski definition) is 2. The van der Waals surface area contributed by atoms with Crippen molar-refractivity contribution in [1.29, 1.82) is 0 Å². The number of halogens is 1. The maximum Gasteiger partial charge on any atom is 0.230 e. The van der Waals surface area contributed by atoms with Gasteiger partial charge in [0.2, 0.25) is 11.9 Å². The molecule has 0 radical (unpaired) electrons. The van der Waals surface area contributed by atoms with E-state index in [-0.39, 0.29) is 0 Å².